The zero-order valence-electron chi connectivity index (χ0n) is 15.2. The fourth-order valence-electron chi connectivity index (χ4n) is 2.75. The van der Waals surface area contributed by atoms with Crippen molar-refractivity contribution in [2.24, 2.45) is 0 Å². The number of nitrogens with zero attached hydrogens (tertiary/aromatic N) is 4. The Kier molecular flexibility index (Phi) is 6.33. The van der Waals surface area contributed by atoms with Crippen LogP contribution in [0.3, 0.4) is 0 Å². The smallest absolute Gasteiger partial charge is 0.234 e. The summed E-state index contributed by atoms with van der Waals surface area (Å²) in [5, 5.41) is 0. The second kappa shape index (κ2) is 8.89. The molecule has 26 heavy (non-hydrogen) atoms. The molecule has 2 heterocycles. The summed E-state index contributed by atoms with van der Waals surface area (Å²) in [6, 6.07) is 10.2. The van der Waals surface area contributed by atoms with E-state index in [4.69, 9.17) is 4.74 Å². The average molecular weight is 372 g/mol. The van der Waals surface area contributed by atoms with Crippen molar-refractivity contribution in [1.29, 1.82) is 0 Å². The summed E-state index contributed by atoms with van der Waals surface area (Å²) in [6.45, 7) is 1.34. The van der Waals surface area contributed by atoms with Crippen molar-refractivity contribution in [3.63, 3.8) is 0 Å². The Morgan fingerprint density at radius 3 is 2.88 bits per heavy atom. The summed E-state index contributed by atoms with van der Waals surface area (Å²) >= 11 is 1.65. The Labute approximate surface area is 158 Å². The van der Waals surface area contributed by atoms with Crippen LogP contribution in [0.2, 0.25) is 0 Å². The maximum Gasteiger partial charge on any atom is 0.234 e. The second-order valence-electron chi connectivity index (χ2n) is 6.46. The van der Waals surface area contributed by atoms with E-state index >= 15 is 0 Å². The minimum Gasteiger partial charge on any atom is -0.471 e. The molecule has 1 aliphatic rings. The minimum atomic E-state index is -0.0233. The van der Waals surface area contributed by atoms with Gasteiger partial charge in [-0.3, -0.25) is 9.78 Å². The van der Waals surface area contributed by atoms with Gasteiger partial charge in [-0.15, -0.1) is 11.8 Å². The van der Waals surface area contributed by atoms with Crippen molar-refractivity contribution in [3.05, 3.63) is 48.3 Å². The van der Waals surface area contributed by atoms with Crippen LogP contribution < -0.4 is 9.64 Å². The van der Waals surface area contributed by atoms with E-state index in [0.29, 0.717) is 18.2 Å². The number of anilines is 1. The largest absolute Gasteiger partial charge is 0.471 e. The van der Waals surface area contributed by atoms with E-state index in [1.807, 2.05) is 42.1 Å². The van der Waals surface area contributed by atoms with E-state index in [9.17, 15) is 4.79 Å². The molecule has 138 valence electrons. The maximum absolute atomic E-state index is 12.4. The second-order valence-corrected chi connectivity index (χ2v) is 7.44. The van der Waals surface area contributed by atoms with Crippen LogP contribution in [0.1, 0.15) is 12.0 Å². The van der Waals surface area contributed by atoms with Crippen molar-refractivity contribution < 1.29 is 9.53 Å². The molecule has 6 nitrogen and oxygen atoms in total. The predicted octanol–water partition coefficient (Wildman–Crippen LogP) is 2.46. The Balaban J connectivity index is 1.44. The average Bonchev–Trinajstić information content (AvgIpc) is 3.11. The Morgan fingerprint density at radius 1 is 1.31 bits per heavy atom. The van der Waals surface area contributed by atoms with Gasteiger partial charge < -0.3 is 14.5 Å². The quantitative estimate of drug-likeness (QED) is 0.744. The molecule has 3 rings (SSSR count). The van der Waals surface area contributed by atoms with Crippen LogP contribution in [0.5, 0.6) is 5.88 Å². The number of hydrogen-bond acceptors (Lipinski definition) is 6. The lowest BCUT2D eigenvalue weighted by Crippen LogP contribution is -2.32. The van der Waals surface area contributed by atoms with Crippen LogP contribution in [0, 0.1) is 0 Å². The lowest BCUT2D eigenvalue weighted by Gasteiger charge is -2.17. The summed E-state index contributed by atoms with van der Waals surface area (Å²) < 4.78 is 5.92. The first-order valence-corrected chi connectivity index (χ1v) is 9.83. The Hall–Kier alpha value is -2.28. The first kappa shape index (κ1) is 18.5. The first-order chi connectivity index (χ1) is 12.6. The molecule has 1 fully saturated rings. The third-order valence-electron chi connectivity index (χ3n) is 4.18. The van der Waals surface area contributed by atoms with Crippen molar-refractivity contribution in [3.8, 4) is 5.88 Å². The van der Waals surface area contributed by atoms with Crippen molar-refractivity contribution in [2.45, 2.75) is 18.3 Å². The van der Waals surface area contributed by atoms with Crippen molar-refractivity contribution in [2.75, 3.05) is 37.8 Å². The Bertz CT molecular complexity index is 726. The molecule has 0 spiro atoms. The fraction of sp³-hybridized carbons (Fsp3) is 0.421. The maximum atomic E-state index is 12.4. The molecule has 1 aliphatic heterocycles. The van der Waals surface area contributed by atoms with Gasteiger partial charge in [0.2, 0.25) is 11.8 Å². The molecule has 0 saturated carbocycles. The lowest BCUT2D eigenvalue weighted by atomic mass is 10.2. The van der Waals surface area contributed by atoms with Gasteiger partial charge in [0.05, 0.1) is 24.7 Å². The van der Waals surface area contributed by atoms with E-state index in [2.05, 4.69) is 22.1 Å². The van der Waals surface area contributed by atoms with Crippen molar-refractivity contribution in [1.82, 2.24) is 14.9 Å². The van der Waals surface area contributed by atoms with E-state index in [0.717, 1.165) is 24.5 Å². The molecule has 2 aromatic rings. The number of carbonyl (C=O) groups excluding carboxylic acids is 1. The van der Waals surface area contributed by atoms with Gasteiger partial charge in [0.25, 0.3) is 0 Å². The van der Waals surface area contributed by atoms with Gasteiger partial charge in [-0.25, -0.2) is 0 Å². The number of rotatable bonds is 7. The summed E-state index contributed by atoms with van der Waals surface area (Å²) in [6.07, 6.45) is 4.11. The number of ether oxygens (including phenoxy) is 1. The molecule has 1 unspecified atom stereocenters. The van der Waals surface area contributed by atoms with Gasteiger partial charge in [-0.05, 0) is 5.56 Å². The number of thioether (sulfide) groups is 1. The van der Waals surface area contributed by atoms with Crippen LogP contribution in [0.15, 0.2) is 42.7 Å². The van der Waals surface area contributed by atoms with Gasteiger partial charge >= 0.3 is 0 Å². The third kappa shape index (κ3) is 5.11. The fourth-order valence-corrected chi connectivity index (χ4v) is 3.64. The van der Waals surface area contributed by atoms with Crippen LogP contribution in [0.25, 0.3) is 0 Å². The lowest BCUT2D eigenvalue weighted by molar-refractivity contribution is -0.127. The number of carbonyl (C=O) groups is 1. The molecule has 0 N–H and O–H groups in total. The third-order valence-corrected chi connectivity index (χ3v) is 5.17. The number of aromatic nitrogens is 2. The van der Waals surface area contributed by atoms with E-state index in [-0.39, 0.29) is 12.0 Å². The normalized spacial score (nSPS) is 16.5. The molecular weight excluding hydrogens is 348 g/mol. The zero-order valence-corrected chi connectivity index (χ0v) is 16.0. The van der Waals surface area contributed by atoms with Crippen LogP contribution in [-0.4, -0.2) is 59.8 Å². The van der Waals surface area contributed by atoms with Crippen molar-refractivity contribution >= 4 is 23.5 Å². The van der Waals surface area contributed by atoms with E-state index in [1.165, 1.54) is 5.56 Å². The molecule has 1 atom stereocenters. The van der Waals surface area contributed by atoms with Gasteiger partial charge in [0.15, 0.2) is 5.82 Å². The monoisotopic (exact) mass is 372 g/mol. The summed E-state index contributed by atoms with van der Waals surface area (Å²) in [4.78, 5) is 24.7. The Morgan fingerprint density at radius 2 is 2.12 bits per heavy atom. The van der Waals surface area contributed by atoms with Gasteiger partial charge in [-0.2, -0.15) is 4.98 Å². The highest BCUT2D eigenvalue weighted by atomic mass is 32.2. The molecule has 0 bridgehead atoms. The van der Waals surface area contributed by atoms with Gasteiger partial charge in [0.1, 0.15) is 6.10 Å². The highest BCUT2D eigenvalue weighted by molar-refractivity contribution is 7.99. The number of likely N-dealkylation sites (tertiary alicyclic amines) is 1. The highest BCUT2D eigenvalue weighted by Gasteiger charge is 2.27. The molecular formula is C19H24N4O2S. The summed E-state index contributed by atoms with van der Waals surface area (Å²) in [5.74, 6) is 2.79. The first-order valence-electron chi connectivity index (χ1n) is 8.67. The van der Waals surface area contributed by atoms with Crippen LogP contribution >= 0.6 is 11.8 Å². The summed E-state index contributed by atoms with van der Waals surface area (Å²) in [7, 11) is 3.83. The molecule has 1 amide bonds. The zero-order chi connectivity index (χ0) is 18.4. The topological polar surface area (TPSA) is 58.6 Å². The predicted molar refractivity (Wildman–Crippen MR) is 105 cm³/mol. The SMILES string of the molecule is CN(C)c1cncc(OC2CCN(C(=O)CSCc3ccccc3)C2)n1. The van der Waals surface area contributed by atoms with Gasteiger partial charge in [-0.1, -0.05) is 30.3 Å². The van der Waals surface area contributed by atoms with Crippen LogP contribution in [0.4, 0.5) is 5.82 Å². The molecule has 1 aromatic carbocycles. The molecule has 0 radical (unpaired) electrons. The molecule has 7 heteroatoms. The highest BCUT2D eigenvalue weighted by Crippen LogP contribution is 2.19. The number of benzene rings is 1. The minimum absolute atomic E-state index is 0.0233. The van der Waals surface area contributed by atoms with E-state index < -0.39 is 0 Å². The standard InChI is InChI=1S/C19H24N4O2S/c1-22(2)17-10-20-11-18(21-17)25-16-8-9-23(12-16)19(24)14-26-13-15-6-4-3-5-7-15/h3-7,10-11,16H,8-9,12-14H2,1-2H3. The van der Waals surface area contributed by atoms with E-state index in [1.54, 1.807) is 24.2 Å². The molecule has 0 aliphatic carbocycles. The number of hydrogen-bond donors (Lipinski definition) is 0. The van der Waals surface area contributed by atoms with Gasteiger partial charge in [0, 0.05) is 32.8 Å². The van der Waals surface area contributed by atoms with Crippen LogP contribution in [-0.2, 0) is 10.5 Å². The summed E-state index contributed by atoms with van der Waals surface area (Å²) in [5.41, 5.74) is 1.24. The molecule has 1 aromatic heterocycles. The number of amides is 1. The molecule has 1 saturated heterocycles.